The molecule has 46 heavy (non-hydrogen) atoms. The first-order valence-corrected chi connectivity index (χ1v) is 20.0. The second kappa shape index (κ2) is 13.3. The van der Waals surface area contributed by atoms with Crippen LogP contribution in [0.3, 0.4) is 0 Å². The van der Waals surface area contributed by atoms with E-state index >= 15 is 0 Å². The molecular formula is C33H43BrN6O5Si. The van der Waals surface area contributed by atoms with Crippen LogP contribution in [0.25, 0.3) is 0 Å². The Morgan fingerprint density at radius 3 is 2.72 bits per heavy atom. The van der Waals surface area contributed by atoms with Crippen LogP contribution in [0.15, 0.2) is 53.1 Å². The van der Waals surface area contributed by atoms with Crippen molar-refractivity contribution in [2.24, 2.45) is 11.8 Å². The zero-order chi connectivity index (χ0) is 32.6. The molecule has 13 heteroatoms. The van der Waals surface area contributed by atoms with Crippen molar-refractivity contribution in [1.82, 2.24) is 20.3 Å². The number of aliphatic hydroxyl groups excluding tert-OH is 1. The fraction of sp³-hybridized carbons (Fsp3) is 0.515. The number of hydrogen-bond donors (Lipinski definition) is 4. The molecule has 1 aromatic heterocycles. The summed E-state index contributed by atoms with van der Waals surface area (Å²) in [6, 6.07) is 13.5. The monoisotopic (exact) mass is 710 g/mol. The van der Waals surface area contributed by atoms with Crippen molar-refractivity contribution < 1.29 is 24.2 Å². The molecule has 2 fully saturated rings. The van der Waals surface area contributed by atoms with Crippen LogP contribution in [-0.2, 0) is 39.4 Å². The first-order valence-electron chi connectivity index (χ1n) is 16.1. The van der Waals surface area contributed by atoms with Gasteiger partial charge in [-0.1, -0.05) is 40.2 Å². The van der Waals surface area contributed by atoms with Crippen LogP contribution in [-0.4, -0.2) is 70.8 Å². The van der Waals surface area contributed by atoms with Gasteiger partial charge in [-0.3, -0.25) is 14.3 Å². The summed E-state index contributed by atoms with van der Waals surface area (Å²) in [6.07, 6.45) is 4.32. The van der Waals surface area contributed by atoms with Crippen molar-refractivity contribution in [3.63, 3.8) is 0 Å². The van der Waals surface area contributed by atoms with Crippen LogP contribution < -0.4 is 15.5 Å². The summed E-state index contributed by atoms with van der Waals surface area (Å²) in [5.41, 5.74) is 2.53. The summed E-state index contributed by atoms with van der Waals surface area (Å²) in [6.45, 7) is 8.38. The lowest BCUT2D eigenvalue weighted by atomic mass is 9.82. The number of carbonyl (C=O) groups excluding carboxylic acids is 2. The van der Waals surface area contributed by atoms with Gasteiger partial charge in [0.15, 0.2) is 13.9 Å². The number of benzene rings is 2. The predicted octanol–water partition coefficient (Wildman–Crippen LogP) is 3.95. The van der Waals surface area contributed by atoms with Crippen molar-refractivity contribution in [1.29, 1.82) is 0 Å². The highest BCUT2D eigenvalue weighted by atomic mass is 79.9. The van der Waals surface area contributed by atoms with E-state index in [4.69, 9.17) is 4.74 Å². The van der Waals surface area contributed by atoms with E-state index in [1.807, 2.05) is 68.7 Å². The average molecular weight is 712 g/mol. The first kappa shape index (κ1) is 33.0. The SMILES string of the molecule is C[C@@H]1[C@@H]([Si](C)(C)O)[C@H](CCn2cc(CCO)nn2)O[C@@]12C(=O)N(Cc1ccc(NC(=O)C3CCCNC3)cc1)c1ccc(Br)cc12. The Morgan fingerprint density at radius 1 is 1.24 bits per heavy atom. The van der Waals surface area contributed by atoms with Gasteiger partial charge in [-0.05, 0) is 74.8 Å². The van der Waals surface area contributed by atoms with Crippen molar-refractivity contribution in [2.45, 2.75) is 76.0 Å². The molecule has 3 aliphatic rings. The van der Waals surface area contributed by atoms with E-state index in [9.17, 15) is 19.5 Å². The molecule has 246 valence electrons. The van der Waals surface area contributed by atoms with Gasteiger partial charge in [0.1, 0.15) is 0 Å². The van der Waals surface area contributed by atoms with Gasteiger partial charge in [-0.2, -0.15) is 0 Å². The van der Waals surface area contributed by atoms with E-state index in [0.717, 1.165) is 46.4 Å². The molecule has 6 rings (SSSR count). The molecule has 5 atom stereocenters. The number of fused-ring (bicyclic) bond motifs is 2. The first-order chi connectivity index (χ1) is 22.0. The lowest BCUT2D eigenvalue weighted by Crippen LogP contribution is -2.46. The number of aliphatic hydroxyl groups is 1. The number of aryl methyl sites for hydroxylation is 1. The molecule has 2 saturated heterocycles. The Kier molecular flexibility index (Phi) is 9.52. The van der Waals surface area contributed by atoms with E-state index in [-0.39, 0.29) is 41.9 Å². The standard InChI is InChI=1S/C33H43BrN6O5Si/c1-21-30(46(2,3)44)29(12-15-39-20-26(13-16-41)37-38-39)45-33(21)27-17-24(34)8-11-28(27)40(32(33)43)19-22-6-9-25(10-7-22)36-31(42)23-5-4-14-35-18-23/h6-11,17,20-21,23,29-30,35,41,44H,4-5,12-16,18-19H2,1-3H3,(H,36,42)/t21-,23?,29+,30-,33+/m1/s1. The molecule has 0 bridgehead atoms. The Labute approximate surface area is 279 Å². The van der Waals surface area contributed by atoms with Crippen molar-refractivity contribution >= 4 is 47.4 Å². The molecule has 2 aromatic carbocycles. The summed E-state index contributed by atoms with van der Waals surface area (Å²) in [5.74, 6) is -0.415. The molecule has 0 radical (unpaired) electrons. The summed E-state index contributed by atoms with van der Waals surface area (Å²) >= 11 is 3.62. The normalized spacial score (nSPS) is 26.1. The number of aromatic nitrogens is 3. The number of halogens is 1. The number of carbonyl (C=O) groups is 2. The fourth-order valence-corrected chi connectivity index (χ4v) is 10.6. The second-order valence-corrected chi connectivity index (χ2v) is 18.3. The lowest BCUT2D eigenvalue weighted by Gasteiger charge is -2.32. The summed E-state index contributed by atoms with van der Waals surface area (Å²) < 4.78 is 9.51. The molecule has 3 aliphatic heterocycles. The van der Waals surface area contributed by atoms with Crippen LogP contribution >= 0.6 is 15.9 Å². The van der Waals surface area contributed by atoms with E-state index in [1.165, 1.54) is 0 Å². The molecule has 11 nitrogen and oxygen atoms in total. The third kappa shape index (κ3) is 6.32. The van der Waals surface area contributed by atoms with Crippen molar-refractivity contribution in [3.8, 4) is 0 Å². The number of amides is 2. The Hall–Kier alpha value is -2.94. The third-order valence-corrected chi connectivity index (χ3v) is 12.8. The van der Waals surface area contributed by atoms with Gasteiger partial charge in [0.25, 0.3) is 5.91 Å². The second-order valence-electron chi connectivity index (χ2n) is 13.4. The minimum Gasteiger partial charge on any atom is -0.432 e. The molecule has 4 N–H and O–H groups in total. The topological polar surface area (TPSA) is 142 Å². The Morgan fingerprint density at radius 2 is 2.02 bits per heavy atom. The highest BCUT2D eigenvalue weighted by Crippen LogP contribution is 2.60. The minimum atomic E-state index is -2.81. The molecule has 0 aliphatic carbocycles. The zero-order valence-corrected chi connectivity index (χ0v) is 29.2. The molecule has 1 spiro atoms. The van der Waals surface area contributed by atoms with Gasteiger partial charge in [-0.15, -0.1) is 5.10 Å². The number of nitrogens with zero attached hydrogens (tertiary/aromatic N) is 4. The van der Waals surface area contributed by atoms with E-state index < -0.39 is 13.9 Å². The van der Waals surface area contributed by atoms with Crippen LogP contribution in [0.5, 0.6) is 0 Å². The summed E-state index contributed by atoms with van der Waals surface area (Å²) in [7, 11) is -2.81. The largest absolute Gasteiger partial charge is 0.432 e. The van der Waals surface area contributed by atoms with E-state index in [2.05, 4.69) is 36.9 Å². The van der Waals surface area contributed by atoms with Crippen LogP contribution in [0.4, 0.5) is 11.4 Å². The van der Waals surface area contributed by atoms with Crippen molar-refractivity contribution in [3.05, 3.63) is 70.0 Å². The quantitative estimate of drug-likeness (QED) is 0.232. The van der Waals surface area contributed by atoms with Crippen molar-refractivity contribution in [2.75, 3.05) is 29.9 Å². The summed E-state index contributed by atoms with van der Waals surface area (Å²) in [4.78, 5) is 40.8. The molecular weight excluding hydrogens is 668 g/mol. The maximum absolute atomic E-state index is 14.7. The zero-order valence-electron chi connectivity index (χ0n) is 26.6. The van der Waals surface area contributed by atoms with Gasteiger partial charge in [0.2, 0.25) is 5.91 Å². The number of ether oxygens (including phenoxy) is 1. The maximum atomic E-state index is 14.7. The number of anilines is 2. The fourth-order valence-electron chi connectivity index (χ4n) is 7.61. The van der Waals surface area contributed by atoms with Gasteiger partial charge in [0, 0.05) is 59.5 Å². The van der Waals surface area contributed by atoms with Gasteiger partial charge in [0.05, 0.1) is 29.9 Å². The van der Waals surface area contributed by atoms with Crippen LogP contribution in [0.2, 0.25) is 18.6 Å². The molecule has 1 unspecified atom stereocenters. The van der Waals surface area contributed by atoms with E-state index in [1.54, 1.807) is 9.58 Å². The number of nitrogens with one attached hydrogen (secondary N) is 2. The summed E-state index contributed by atoms with van der Waals surface area (Å²) in [5, 5.41) is 23.9. The maximum Gasteiger partial charge on any atom is 0.264 e. The van der Waals surface area contributed by atoms with Gasteiger partial charge in [-0.25, -0.2) is 0 Å². The molecule has 2 amide bonds. The van der Waals surface area contributed by atoms with Gasteiger partial charge >= 0.3 is 0 Å². The van der Waals surface area contributed by atoms with Crippen LogP contribution in [0, 0.1) is 11.8 Å². The van der Waals surface area contributed by atoms with Gasteiger partial charge < -0.3 is 30.2 Å². The average Bonchev–Trinajstić information content (AvgIpc) is 3.67. The number of rotatable bonds is 10. The molecule has 3 aromatic rings. The molecule has 4 heterocycles. The van der Waals surface area contributed by atoms with Crippen LogP contribution in [0.1, 0.15) is 43.0 Å². The highest BCUT2D eigenvalue weighted by molar-refractivity contribution is 9.10. The minimum absolute atomic E-state index is 0.00344. The number of piperidine rings is 1. The Bertz CT molecular complexity index is 1570. The van der Waals surface area contributed by atoms with E-state index in [0.29, 0.717) is 38.2 Å². The lowest BCUT2D eigenvalue weighted by molar-refractivity contribution is -0.146. The highest BCUT2D eigenvalue weighted by Gasteiger charge is 2.66. The molecule has 0 saturated carbocycles. The Balaban J connectivity index is 1.24. The third-order valence-electron chi connectivity index (χ3n) is 9.77. The predicted molar refractivity (Wildman–Crippen MR) is 181 cm³/mol. The number of hydrogen-bond acceptors (Lipinski definition) is 8. The smallest absolute Gasteiger partial charge is 0.264 e.